The molecule has 1 heterocycles. The minimum atomic E-state index is -0.495. The highest BCUT2D eigenvalue weighted by Crippen LogP contribution is 2.24. The lowest BCUT2D eigenvalue weighted by atomic mass is 10.1. The second-order valence-electron chi connectivity index (χ2n) is 4.17. The molecule has 0 saturated heterocycles. The van der Waals surface area contributed by atoms with Crippen molar-refractivity contribution >= 4 is 41.2 Å². The fraction of sp³-hybridized carbons (Fsp3) is 0.364. The quantitative estimate of drug-likeness (QED) is 0.356. The molecule has 1 atom stereocenters. The van der Waals surface area contributed by atoms with Gasteiger partial charge in [0, 0.05) is 18.2 Å². The van der Waals surface area contributed by atoms with Crippen molar-refractivity contribution in [3.63, 3.8) is 0 Å². The van der Waals surface area contributed by atoms with Crippen LogP contribution in [0.5, 0.6) is 0 Å². The number of amidine groups is 1. The van der Waals surface area contributed by atoms with E-state index >= 15 is 0 Å². The summed E-state index contributed by atoms with van der Waals surface area (Å²) in [5, 5.41) is 10.9. The topological polar surface area (TPSA) is 111 Å². The van der Waals surface area contributed by atoms with Gasteiger partial charge in [-0.1, -0.05) is 0 Å². The van der Waals surface area contributed by atoms with Crippen LogP contribution in [-0.2, 0) is 0 Å². The first-order valence-electron chi connectivity index (χ1n) is 5.61. The molecule has 0 bridgehead atoms. The van der Waals surface area contributed by atoms with E-state index in [1.807, 2.05) is 11.8 Å². The third kappa shape index (κ3) is 3.13. The zero-order chi connectivity index (χ0) is 13.3. The van der Waals surface area contributed by atoms with E-state index in [1.54, 1.807) is 6.07 Å². The third-order valence-corrected chi connectivity index (χ3v) is 2.85. The number of nitrogens with two attached hydrogens (primary N) is 2. The van der Waals surface area contributed by atoms with E-state index < -0.39 is 4.92 Å². The number of nitrogen functional groups attached to an aromatic ring is 1. The fourth-order valence-electron chi connectivity index (χ4n) is 1.95. The second kappa shape index (κ2) is 6.15. The molecule has 19 heavy (non-hydrogen) atoms. The van der Waals surface area contributed by atoms with Gasteiger partial charge in [0.1, 0.15) is 11.5 Å². The van der Waals surface area contributed by atoms with Crippen LogP contribution in [0.2, 0.25) is 0 Å². The normalized spacial score (nSPS) is 15.7. The Balaban J connectivity index is 0.00000180. The molecule has 0 aromatic heterocycles. The minimum Gasteiger partial charge on any atom is -0.393 e. The molecule has 1 unspecified atom stereocenters. The van der Waals surface area contributed by atoms with Crippen molar-refractivity contribution in [3.8, 4) is 0 Å². The molecular weight excluding hydrogens is 361 g/mol. The van der Waals surface area contributed by atoms with E-state index in [9.17, 15) is 10.1 Å². The van der Waals surface area contributed by atoms with E-state index in [-0.39, 0.29) is 41.5 Å². The first-order chi connectivity index (χ1) is 8.50. The molecule has 4 N–H and O–H groups in total. The van der Waals surface area contributed by atoms with Crippen LogP contribution in [0.1, 0.15) is 12.5 Å². The standard InChI is InChI=1S/C11H15N5O2.HI/c1-7(12)15-5-4-14-11(15)8-2-3-9(13)10(6-8)16(17)18;/h2-3,6-7H,4-5,12-13H2,1H3;1H. The molecule has 0 fully saturated rings. The Morgan fingerprint density at radius 1 is 1.53 bits per heavy atom. The van der Waals surface area contributed by atoms with Gasteiger partial charge in [-0.05, 0) is 19.1 Å². The van der Waals surface area contributed by atoms with E-state index in [1.165, 1.54) is 12.1 Å². The number of nitro groups is 1. The zero-order valence-electron chi connectivity index (χ0n) is 10.4. The van der Waals surface area contributed by atoms with Crippen LogP contribution in [0.25, 0.3) is 0 Å². The smallest absolute Gasteiger partial charge is 0.292 e. The SMILES string of the molecule is CC(N)N1CCN=C1c1ccc(N)c([N+](=O)[O-])c1.I. The summed E-state index contributed by atoms with van der Waals surface area (Å²) < 4.78 is 0. The van der Waals surface area contributed by atoms with Crippen molar-refractivity contribution in [2.24, 2.45) is 10.7 Å². The maximum atomic E-state index is 10.9. The molecule has 1 aromatic carbocycles. The molecule has 0 radical (unpaired) electrons. The average molecular weight is 377 g/mol. The Morgan fingerprint density at radius 2 is 2.21 bits per heavy atom. The average Bonchev–Trinajstić information content (AvgIpc) is 2.78. The monoisotopic (exact) mass is 377 g/mol. The highest BCUT2D eigenvalue weighted by atomic mass is 127. The summed E-state index contributed by atoms with van der Waals surface area (Å²) in [7, 11) is 0. The summed E-state index contributed by atoms with van der Waals surface area (Å²) in [5.41, 5.74) is 12.1. The maximum Gasteiger partial charge on any atom is 0.292 e. The molecule has 0 aliphatic carbocycles. The largest absolute Gasteiger partial charge is 0.393 e. The summed E-state index contributed by atoms with van der Waals surface area (Å²) in [6.07, 6.45) is -0.178. The van der Waals surface area contributed by atoms with Gasteiger partial charge in [-0.25, -0.2) is 0 Å². The van der Waals surface area contributed by atoms with Crippen molar-refractivity contribution in [2.45, 2.75) is 13.1 Å². The van der Waals surface area contributed by atoms with Crippen LogP contribution in [0.15, 0.2) is 23.2 Å². The van der Waals surface area contributed by atoms with E-state index in [2.05, 4.69) is 4.99 Å². The van der Waals surface area contributed by atoms with Crippen molar-refractivity contribution in [1.82, 2.24) is 4.90 Å². The Bertz CT molecular complexity index is 518. The van der Waals surface area contributed by atoms with Crippen LogP contribution in [0, 0.1) is 10.1 Å². The molecule has 2 rings (SSSR count). The molecule has 0 saturated carbocycles. The van der Waals surface area contributed by atoms with Gasteiger partial charge >= 0.3 is 0 Å². The molecule has 0 amide bonds. The predicted molar refractivity (Wildman–Crippen MR) is 84.7 cm³/mol. The summed E-state index contributed by atoms with van der Waals surface area (Å²) in [5.74, 6) is 0.688. The van der Waals surface area contributed by atoms with Gasteiger partial charge in [-0.3, -0.25) is 15.1 Å². The van der Waals surface area contributed by atoms with Gasteiger partial charge in [-0.15, -0.1) is 24.0 Å². The number of nitro benzene ring substituents is 1. The summed E-state index contributed by atoms with van der Waals surface area (Å²) >= 11 is 0. The number of hydrogen-bond donors (Lipinski definition) is 2. The van der Waals surface area contributed by atoms with Gasteiger partial charge in [0.2, 0.25) is 0 Å². The molecule has 8 heteroatoms. The molecule has 1 aromatic rings. The highest BCUT2D eigenvalue weighted by Gasteiger charge is 2.23. The molecule has 0 spiro atoms. The Hall–Kier alpha value is -1.42. The molecule has 1 aliphatic rings. The summed E-state index contributed by atoms with van der Waals surface area (Å²) in [6, 6.07) is 4.68. The Morgan fingerprint density at radius 3 is 2.79 bits per heavy atom. The predicted octanol–water partition coefficient (Wildman–Crippen LogP) is 1.16. The van der Waals surface area contributed by atoms with Crippen molar-refractivity contribution in [1.29, 1.82) is 0 Å². The van der Waals surface area contributed by atoms with Gasteiger partial charge in [0.15, 0.2) is 0 Å². The van der Waals surface area contributed by atoms with Crippen LogP contribution in [0.3, 0.4) is 0 Å². The lowest BCUT2D eigenvalue weighted by Crippen LogP contribution is -2.42. The van der Waals surface area contributed by atoms with Crippen LogP contribution >= 0.6 is 24.0 Å². The molecule has 104 valence electrons. The van der Waals surface area contributed by atoms with Gasteiger partial charge in [0.05, 0.1) is 17.6 Å². The van der Waals surface area contributed by atoms with E-state index in [0.29, 0.717) is 17.9 Å². The number of nitrogens with zero attached hydrogens (tertiary/aromatic N) is 3. The Labute approximate surface area is 127 Å². The van der Waals surface area contributed by atoms with Gasteiger partial charge < -0.3 is 16.4 Å². The van der Waals surface area contributed by atoms with Crippen molar-refractivity contribution in [2.75, 3.05) is 18.8 Å². The second-order valence-corrected chi connectivity index (χ2v) is 4.17. The highest BCUT2D eigenvalue weighted by molar-refractivity contribution is 14.0. The number of halogens is 1. The van der Waals surface area contributed by atoms with E-state index in [4.69, 9.17) is 11.5 Å². The summed E-state index contributed by atoms with van der Waals surface area (Å²) in [6.45, 7) is 3.23. The van der Waals surface area contributed by atoms with Crippen LogP contribution < -0.4 is 11.5 Å². The fourth-order valence-corrected chi connectivity index (χ4v) is 1.95. The molecule has 7 nitrogen and oxygen atoms in total. The van der Waals surface area contributed by atoms with Crippen molar-refractivity contribution < 1.29 is 4.92 Å². The molecular formula is C11H16IN5O2. The van der Waals surface area contributed by atoms with Crippen molar-refractivity contribution in [3.05, 3.63) is 33.9 Å². The lowest BCUT2D eigenvalue weighted by Gasteiger charge is -2.24. The number of anilines is 1. The van der Waals surface area contributed by atoms with Crippen LogP contribution in [-0.4, -0.2) is 34.9 Å². The number of hydrogen-bond acceptors (Lipinski definition) is 6. The van der Waals surface area contributed by atoms with E-state index in [0.717, 1.165) is 6.54 Å². The summed E-state index contributed by atoms with van der Waals surface area (Å²) in [4.78, 5) is 16.6. The van der Waals surface area contributed by atoms with Crippen LogP contribution in [0.4, 0.5) is 11.4 Å². The number of rotatable bonds is 3. The first kappa shape index (κ1) is 15.6. The maximum absolute atomic E-state index is 10.9. The van der Waals surface area contributed by atoms with Gasteiger partial charge in [-0.2, -0.15) is 0 Å². The number of benzene rings is 1. The minimum absolute atomic E-state index is 0. The number of aliphatic imine (C=N–C) groups is 1. The Kier molecular flexibility index (Phi) is 5.06. The van der Waals surface area contributed by atoms with Gasteiger partial charge in [0.25, 0.3) is 5.69 Å². The third-order valence-electron chi connectivity index (χ3n) is 2.85. The lowest BCUT2D eigenvalue weighted by molar-refractivity contribution is -0.383. The first-order valence-corrected chi connectivity index (χ1v) is 5.61. The molecule has 1 aliphatic heterocycles. The zero-order valence-corrected chi connectivity index (χ0v) is 12.8.